The van der Waals surface area contributed by atoms with Crippen LogP contribution in [-0.4, -0.2) is 4.98 Å². The number of benzene rings is 1. The number of fused-ring (bicyclic) bond motifs is 2. The maximum absolute atomic E-state index is 14.0. The molecule has 1 aliphatic rings. The largest absolute Gasteiger partial charge is 0.398 e. The Morgan fingerprint density at radius 2 is 1.94 bits per heavy atom. The Hall–Kier alpha value is -1.35. The maximum atomic E-state index is 14.0. The van der Waals surface area contributed by atoms with Crippen LogP contribution in [0.4, 0.5) is 10.1 Å². The molecule has 0 unspecified atom stereocenters. The van der Waals surface area contributed by atoms with Gasteiger partial charge in [-0.2, -0.15) is 0 Å². The summed E-state index contributed by atoms with van der Waals surface area (Å²) in [7, 11) is 0. The van der Waals surface area contributed by atoms with E-state index in [0.29, 0.717) is 16.6 Å². The fourth-order valence-corrected chi connectivity index (χ4v) is 2.80. The van der Waals surface area contributed by atoms with Crippen molar-refractivity contribution in [3.63, 3.8) is 0 Å². The number of hydrogen-bond donors (Lipinski definition) is 1. The standard InChI is InChI=1S/C14H14ClFN2/c15-10-7-6-9-13(17)8-4-2-1-3-5-11(8)18-14(9)12(10)16/h6-7H,1-5H2,(H2,17,18). The van der Waals surface area contributed by atoms with Gasteiger partial charge in [-0.3, -0.25) is 0 Å². The van der Waals surface area contributed by atoms with E-state index < -0.39 is 5.82 Å². The van der Waals surface area contributed by atoms with Crippen LogP contribution in [-0.2, 0) is 12.8 Å². The quantitative estimate of drug-likeness (QED) is 0.734. The molecule has 94 valence electrons. The molecule has 0 atom stereocenters. The Morgan fingerprint density at radius 1 is 1.17 bits per heavy atom. The van der Waals surface area contributed by atoms with Crippen molar-refractivity contribution < 1.29 is 4.39 Å². The first-order chi connectivity index (χ1) is 8.68. The number of rotatable bonds is 0. The molecule has 3 rings (SSSR count). The van der Waals surface area contributed by atoms with Crippen LogP contribution >= 0.6 is 11.6 Å². The molecule has 1 aromatic heterocycles. The average molecular weight is 265 g/mol. The van der Waals surface area contributed by atoms with Gasteiger partial charge in [0, 0.05) is 16.8 Å². The van der Waals surface area contributed by atoms with Gasteiger partial charge in [0.05, 0.1) is 5.02 Å². The SMILES string of the molecule is Nc1c2c(nc3c(F)c(Cl)ccc13)CCCCC2. The Bertz CT molecular complexity index is 625. The first-order valence-corrected chi connectivity index (χ1v) is 6.61. The molecule has 1 aliphatic carbocycles. The molecule has 1 aromatic carbocycles. The molecule has 0 radical (unpaired) electrons. The Kier molecular flexibility index (Phi) is 2.86. The minimum Gasteiger partial charge on any atom is -0.398 e. The topological polar surface area (TPSA) is 38.9 Å². The van der Waals surface area contributed by atoms with Gasteiger partial charge in [-0.25, -0.2) is 9.37 Å². The second-order valence-electron chi connectivity index (χ2n) is 4.77. The Morgan fingerprint density at radius 3 is 2.78 bits per heavy atom. The van der Waals surface area contributed by atoms with Crippen molar-refractivity contribution in [1.29, 1.82) is 0 Å². The highest BCUT2D eigenvalue weighted by Crippen LogP contribution is 2.33. The third-order valence-corrected chi connectivity index (χ3v) is 3.91. The molecule has 0 fully saturated rings. The number of hydrogen-bond acceptors (Lipinski definition) is 2. The molecule has 0 saturated heterocycles. The van der Waals surface area contributed by atoms with E-state index in [0.717, 1.165) is 36.9 Å². The van der Waals surface area contributed by atoms with Gasteiger partial charge in [-0.15, -0.1) is 0 Å². The van der Waals surface area contributed by atoms with E-state index in [4.69, 9.17) is 17.3 Å². The highest BCUT2D eigenvalue weighted by atomic mass is 35.5. The van der Waals surface area contributed by atoms with E-state index in [1.807, 2.05) is 0 Å². The van der Waals surface area contributed by atoms with Crippen LogP contribution in [0.15, 0.2) is 12.1 Å². The van der Waals surface area contributed by atoms with Crippen LogP contribution in [0, 0.1) is 5.82 Å². The smallest absolute Gasteiger partial charge is 0.168 e. The number of nitrogens with two attached hydrogens (primary N) is 1. The molecule has 2 nitrogen and oxygen atoms in total. The van der Waals surface area contributed by atoms with Crippen molar-refractivity contribution in [2.75, 3.05) is 5.73 Å². The Labute approximate surface area is 110 Å². The highest BCUT2D eigenvalue weighted by molar-refractivity contribution is 6.31. The second-order valence-corrected chi connectivity index (χ2v) is 5.18. The molecule has 0 saturated carbocycles. The molecule has 0 aliphatic heterocycles. The fourth-order valence-electron chi connectivity index (χ4n) is 2.64. The van der Waals surface area contributed by atoms with E-state index in [1.165, 1.54) is 6.42 Å². The van der Waals surface area contributed by atoms with Crippen molar-refractivity contribution in [3.8, 4) is 0 Å². The summed E-state index contributed by atoms with van der Waals surface area (Å²) < 4.78 is 14.0. The molecular formula is C14H14ClFN2. The second kappa shape index (κ2) is 4.39. The molecule has 2 aromatic rings. The van der Waals surface area contributed by atoms with Crippen LogP contribution in [0.3, 0.4) is 0 Å². The number of aromatic nitrogens is 1. The zero-order chi connectivity index (χ0) is 12.7. The summed E-state index contributed by atoms with van der Waals surface area (Å²) in [5.74, 6) is -0.465. The van der Waals surface area contributed by atoms with Crippen molar-refractivity contribution >= 4 is 28.2 Å². The summed E-state index contributed by atoms with van der Waals surface area (Å²) in [6.07, 6.45) is 5.21. The van der Waals surface area contributed by atoms with E-state index in [2.05, 4.69) is 4.98 Å². The minimum atomic E-state index is -0.465. The van der Waals surface area contributed by atoms with Crippen LogP contribution in [0.1, 0.15) is 30.5 Å². The summed E-state index contributed by atoms with van der Waals surface area (Å²) in [6.45, 7) is 0. The van der Waals surface area contributed by atoms with E-state index in [-0.39, 0.29) is 5.02 Å². The van der Waals surface area contributed by atoms with Crippen molar-refractivity contribution in [2.24, 2.45) is 0 Å². The Balaban J connectivity index is 2.34. The molecule has 18 heavy (non-hydrogen) atoms. The van der Waals surface area contributed by atoms with Crippen molar-refractivity contribution in [3.05, 3.63) is 34.2 Å². The zero-order valence-electron chi connectivity index (χ0n) is 9.97. The lowest BCUT2D eigenvalue weighted by Gasteiger charge is -2.12. The van der Waals surface area contributed by atoms with E-state index in [9.17, 15) is 4.39 Å². The average Bonchev–Trinajstić information content (AvgIpc) is 2.60. The van der Waals surface area contributed by atoms with Gasteiger partial charge in [-0.05, 0) is 43.4 Å². The van der Waals surface area contributed by atoms with Crippen LogP contribution in [0.25, 0.3) is 10.9 Å². The molecule has 0 spiro atoms. The van der Waals surface area contributed by atoms with Gasteiger partial charge >= 0.3 is 0 Å². The monoisotopic (exact) mass is 264 g/mol. The molecular weight excluding hydrogens is 251 g/mol. The first-order valence-electron chi connectivity index (χ1n) is 6.23. The fraction of sp³-hybridized carbons (Fsp3) is 0.357. The molecule has 0 bridgehead atoms. The molecule has 4 heteroatoms. The molecule has 0 amide bonds. The lowest BCUT2D eigenvalue weighted by Crippen LogP contribution is -2.04. The predicted octanol–water partition coefficient (Wildman–Crippen LogP) is 3.88. The number of aryl methyl sites for hydroxylation is 1. The van der Waals surface area contributed by atoms with Gasteiger partial charge in [0.25, 0.3) is 0 Å². The lowest BCUT2D eigenvalue weighted by molar-refractivity contribution is 0.636. The minimum absolute atomic E-state index is 0.1000. The summed E-state index contributed by atoms with van der Waals surface area (Å²) in [4.78, 5) is 4.46. The number of halogens is 2. The van der Waals surface area contributed by atoms with Gasteiger partial charge in [-0.1, -0.05) is 18.0 Å². The van der Waals surface area contributed by atoms with Gasteiger partial charge in [0.1, 0.15) is 5.52 Å². The third kappa shape index (κ3) is 1.74. The van der Waals surface area contributed by atoms with Gasteiger partial charge < -0.3 is 5.73 Å². The number of pyridine rings is 1. The number of nitrogens with zero attached hydrogens (tertiary/aromatic N) is 1. The van der Waals surface area contributed by atoms with Crippen molar-refractivity contribution in [1.82, 2.24) is 4.98 Å². The summed E-state index contributed by atoms with van der Waals surface area (Å²) >= 11 is 5.80. The predicted molar refractivity (Wildman–Crippen MR) is 72.4 cm³/mol. The number of nitrogen functional groups attached to an aromatic ring is 1. The zero-order valence-corrected chi connectivity index (χ0v) is 10.7. The normalized spacial score (nSPS) is 15.4. The summed E-state index contributed by atoms with van der Waals surface area (Å²) in [5, 5.41) is 0.778. The summed E-state index contributed by atoms with van der Waals surface area (Å²) in [5.41, 5.74) is 9.20. The third-order valence-electron chi connectivity index (χ3n) is 3.62. The van der Waals surface area contributed by atoms with E-state index in [1.54, 1.807) is 12.1 Å². The maximum Gasteiger partial charge on any atom is 0.168 e. The van der Waals surface area contributed by atoms with Crippen LogP contribution in [0.2, 0.25) is 5.02 Å². The van der Waals surface area contributed by atoms with Gasteiger partial charge in [0.2, 0.25) is 0 Å². The van der Waals surface area contributed by atoms with Crippen LogP contribution < -0.4 is 5.73 Å². The lowest BCUT2D eigenvalue weighted by atomic mass is 10.0. The number of anilines is 1. The van der Waals surface area contributed by atoms with Gasteiger partial charge in [0.15, 0.2) is 5.82 Å². The summed E-state index contributed by atoms with van der Waals surface area (Å²) in [6, 6.07) is 3.30. The van der Waals surface area contributed by atoms with Crippen molar-refractivity contribution in [2.45, 2.75) is 32.1 Å². The molecule has 1 heterocycles. The first kappa shape index (κ1) is 11.7. The van der Waals surface area contributed by atoms with E-state index >= 15 is 0 Å². The highest BCUT2D eigenvalue weighted by Gasteiger charge is 2.18. The van der Waals surface area contributed by atoms with Crippen LogP contribution in [0.5, 0.6) is 0 Å². The molecule has 2 N–H and O–H groups in total.